The Labute approximate surface area is 194 Å². The Morgan fingerprint density at radius 1 is 1.09 bits per heavy atom. The van der Waals surface area contributed by atoms with Crippen LogP contribution < -0.4 is 5.32 Å². The highest BCUT2D eigenvalue weighted by atomic mass is 16.6. The van der Waals surface area contributed by atoms with Gasteiger partial charge in [0, 0.05) is 19.1 Å². The summed E-state index contributed by atoms with van der Waals surface area (Å²) in [6.07, 6.45) is 5.90. The molecule has 0 unspecified atom stereocenters. The molecule has 1 amide bonds. The van der Waals surface area contributed by atoms with Crippen LogP contribution in [0.1, 0.15) is 78.7 Å². The molecule has 1 N–H and O–H groups in total. The summed E-state index contributed by atoms with van der Waals surface area (Å²) in [4.78, 5) is 27.5. The average molecular weight is 447 g/mol. The maximum absolute atomic E-state index is 13.0. The standard InChI is InChI=1S/C26H42N2O4/c1-20(2)18-23(24(29)32-26(3,4)5)27-16-17-28(22-14-10-7-11-15-22)25(30)31-19-21-12-8-6-9-13-21/h6,8-9,12-13,20,22-23,27H,7,10-11,14-19H2,1-5H3/t23-/m0/s1. The molecule has 0 radical (unpaired) electrons. The van der Waals surface area contributed by atoms with Crippen LogP contribution in [0.4, 0.5) is 4.79 Å². The van der Waals surface area contributed by atoms with Gasteiger partial charge in [0.1, 0.15) is 18.2 Å². The fourth-order valence-corrected chi connectivity index (χ4v) is 4.08. The van der Waals surface area contributed by atoms with Crippen LogP contribution in [0.3, 0.4) is 0 Å². The third-order valence-corrected chi connectivity index (χ3v) is 5.60. The largest absolute Gasteiger partial charge is 0.459 e. The molecule has 1 saturated carbocycles. The van der Waals surface area contributed by atoms with Crippen molar-refractivity contribution in [2.24, 2.45) is 5.92 Å². The number of nitrogens with zero attached hydrogens (tertiary/aromatic N) is 1. The first-order valence-corrected chi connectivity index (χ1v) is 12.1. The number of hydrogen-bond donors (Lipinski definition) is 1. The Morgan fingerprint density at radius 2 is 1.75 bits per heavy atom. The number of benzene rings is 1. The monoisotopic (exact) mass is 446 g/mol. The van der Waals surface area contributed by atoms with Crippen molar-refractivity contribution in [2.75, 3.05) is 13.1 Å². The molecule has 180 valence electrons. The third-order valence-electron chi connectivity index (χ3n) is 5.60. The maximum Gasteiger partial charge on any atom is 0.410 e. The van der Waals surface area contributed by atoms with Gasteiger partial charge in [-0.2, -0.15) is 0 Å². The van der Waals surface area contributed by atoms with Crippen molar-refractivity contribution >= 4 is 12.1 Å². The number of nitrogens with one attached hydrogen (secondary N) is 1. The highest BCUT2D eigenvalue weighted by Crippen LogP contribution is 2.23. The van der Waals surface area contributed by atoms with Crippen molar-refractivity contribution in [1.82, 2.24) is 10.2 Å². The number of rotatable bonds is 10. The molecule has 6 nitrogen and oxygen atoms in total. The van der Waals surface area contributed by atoms with E-state index < -0.39 is 5.60 Å². The van der Waals surface area contributed by atoms with E-state index in [-0.39, 0.29) is 30.8 Å². The Kier molecular flexibility index (Phi) is 10.5. The lowest BCUT2D eigenvalue weighted by Crippen LogP contribution is -2.48. The van der Waals surface area contributed by atoms with Crippen molar-refractivity contribution in [3.05, 3.63) is 35.9 Å². The fourth-order valence-electron chi connectivity index (χ4n) is 4.08. The summed E-state index contributed by atoms with van der Waals surface area (Å²) < 4.78 is 11.2. The summed E-state index contributed by atoms with van der Waals surface area (Å²) in [5, 5.41) is 3.35. The van der Waals surface area contributed by atoms with Gasteiger partial charge in [0.2, 0.25) is 0 Å². The normalized spacial score (nSPS) is 15.9. The van der Waals surface area contributed by atoms with Crippen LogP contribution in [0, 0.1) is 5.92 Å². The van der Waals surface area contributed by atoms with Gasteiger partial charge >= 0.3 is 12.1 Å². The van der Waals surface area contributed by atoms with Crippen LogP contribution >= 0.6 is 0 Å². The zero-order chi connectivity index (χ0) is 23.6. The Balaban J connectivity index is 1.97. The molecule has 1 atom stereocenters. The molecule has 0 aromatic heterocycles. The number of ether oxygens (including phenoxy) is 2. The van der Waals surface area contributed by atoms with E-state index in [1.807, 2.05) is 56.0 Å². The van der Waals surface area contributed by atoms with E-state index in [1.165, 1.54) is 6.42 Å². The fraction of sp³-hybridized carbons (Fsp3) is 0.692. The van der Waals surface area contributed by atoms with Crippen LogP contribution in [-0.4, -0.2) is 47.7 Å². The first-order valence-electron chi connectivity index (χ1n) is 12.1. The van der Waals surface area contributed by atoms with Crippen molar-refractivity contribution < 1.29 is 19.1 Å². The van der Waals surface area contributed by atoms with Gasteiger partial charge < -0.3 is 19.7 Å². The predicted molar refractivity (Wildman–Crippen MR) is 127 cm³/mol. The van der Waals surface area contributed by atoms with Gasteiger partial charge in [0.25, 0.3) is 0 Å². The summed E-state index contributed by atoms with van der Waals surface area (Å²) >= 11 is 0. The van der Waals surface area contributed by atoms with Crippen LogP contribution in [0.25, 0.3) is 0 Å². The van der Waals surface area contributed by atoms with Crippen molar-refractivity contribution in [2.45, 2.75) is 97.4 Å². The second kappa shape index (κ2) is 12.8. The van der Waals surface area contributed by atoms with E-state index in [4.69, 9.17) is 9.47 Å². The van der Waals surface area contributed by atoms with Gasteiger partial charge in [-0.1, -0.05) is 63.4 Å². The van der Waals surface area contributed by atoms with Crippen LogP contribution in [-0.2, 0) is 20.9 Å². The number of carbonyl (C=O) groups is 2. The molecule has 0 bridgehead atoms. The SMILES string of the molecule is CC(C)C[C@H](NCCN(C(=O)OCc1ccccc1)C1CCCCC1)C(=O)OC(C)(C)C. The third kappa shape index (κ3) is 9.60. The van der Waals surface area contributed by atoms with Crippen LogP contribution in [0.15, 0.2) is 30.3 Å². The van der Waals surface area contributed by atoms with Gasteiger partial charge in [-0.25, -0.2) is 4.79 Å². The molecule has 6 heteroatoms. The van der Waals surface area contributed by atoms with E-state index in [0.29, 0.717) is 25.4 Å². The second-order valence-electron chi connectivity index (χ2n) is 10.2. The molecule has 1 aromatic rings. The summed E-state index contributed by atoms with van der Waals surface area (Å²) in [5.74, 6) is 0.118. The van der Waals surface area contributed by atoms with Crippen molar-refractivity contribution in [3.63, 3.8) is 0 Å². The lowest BCUT2D eigenvalue weighted by molar-refractivity contribution is -0.158. The Hall–Kier alpha value is -2.08. The summed E-state index contributed by atoms with van der Waals surface area (Å²) in [6.45, 7) is 11.1. The van der Waals surface area contributed by atoms with Crippen molar-refractivity contribution in [1.29, 1.82) is 0 Å². The molecular formula is C26H42N2O4. The molecule has 0 aliphatic heterocycles. The molecular weight excluding hydrogens is 404 g/mol. The molecule has 1 aliphatic rings. The number of esters is 1. The first kappa shape index (κ1) is 26.2. The lowest BCUT2D eigenvalue weighted by atomic mass is 9.94. The molecule has 0 heterocycles. The lowest BCUT2D eigenvalue weighted by Gasteiger charge is -2.34. The van der Waals surface area contributed by atoms with E-state index in [0.717, 1.165) is 31.2 Å². The first-order chi connectivity index (χ1) is 15.2. The minimum atomic E-state index is -0.524. The Morgan fingerprint density at radius 3 is 2.34 bits per heavy atom. The minimum Gasteiger partial charge on any atom is -0.459 e. The van der Waals surface area contributed by atoms with E-state index in [2.05, 4.69) is 19.2 Å². The molecule has 1 aliphatic carbocycles. The van der Waals surface area contributed by atoms with Gasteiger partial charge in [0.15, 0.2) is 0 Å². The van der Waals surface area contributed by atoms with Crippen molar-refractivity contribution in [3.8, 4) is 0 Å². The molecule has 0 saturated heterocycles. The topological polar surface area (TPSA) is 67.9 Å². The highest BCUT2D eigenvalue weighted by Gasteiger charge is 2.29. The molecule has 1 aromatic carbocycles. The maximum atomic E-state index is 13.0. The van der Waals surface area contributed by atoms with Gasteiger partial charge in [-0.15, -0.1) is 0 Å². The Bertz CT molecular complexity index is 694. The van der Waals surface area contributed by atoms with Gasteiger partial charge in [-0.3, -0.25) is 4.79 Å². The summed E-state index contributed by atoms with van der Waals surface area (Å²) in [5.41, 5.74) is 0.452. The number of amides is 1. The predicted octanol–water partition coefficient (Wildman–Crippen LogP) is 5.30. The van der Waals surface area contributed by atoms with Gasteiger partial charge in [-0.05, 0) is 51.5 Å². The molecule has 0 spiro atoms. The number of hydrogen-bond acceptors (Lipinski definition) is 5. The highest BCUT2D eigenvalue weighted by molar-refractivity contribution is 5.76. The summed E-state index contributed by atoms with van der Waals surface area (Å²) in [6, 6.07) is 9.55. The van der Waals surface area contributed by atoms with Crippen LogP contribution in [0.2, 0.25) is 0 Å². The van der Waals surface area contributed by atoms with Crippen LogP contribution in [0.5, 0.6) is 0 Å². The summed E-state index contributed by atoms with van der Waals surface area (Å²) in [7, 11) is 0. The van der Waals surface area contributed by atoms with E-state index in [9.17, 15) is 9.59 Å². The van der Waals surface area contributed by atoms with Gasteiger partial charge in [0.05, 0.1) is 0 Å². The average Bonchev–Trinajstić information content (AvgIpc) is 2.74. The molecule has 2 rings (SSSR count). The molecule has 32 heavy (non-hydrogen) atoms. The van der Waals surface area contributed by atoms with E-state index >= 15 is 0 Å². The van der Waals surface area contributed by atoms with E-state index in [1.54, 1.807) is 0 Å². The molecule has 1 fully saturated rings. The zero-order valence-electron chi connectivity index (χ0n) is 20.6. The number of carbonyl (C=O) groups excluding carboxylic acids is 2. The minimum absolute atomic E-state index is 0.193. The zero-order valence-corrected chi connectivity index (χ0v) is 20.6. The quantitative estimate of drug-likeness (QED) is 0.494. The smallest absolute Gasteiger partial charge is 0.410 e. The second-order valence-corrected chi connectivity index (χ2v) is 10.2.